The third-order valence-electron chi connectivity index (χ3n) is 2.69. The molecule has 1 aliphatic rings. The van der Waals surface area contributed by atoms with Crippen molar-refractivity contribution < 1.29 is 9.13 Å². The lowest BCUT2D eigenvalue weighted by Gasteiger charge is -2.07. The number of hydrogen-bond acceptors (Lipinski definition) is 2. The molecule has 2 unspecified atom stereocenters. The number of halogens is 1. The molecule has 2 atom stereocenters. The predicted octanol–water partition coefficient (Wildman–Crippen LogP) is 2.43. The van der Waals surface area contributed by atoms with Crippen LogP contribution in [0.5, 0.6) is 5.75 Å². The molecule has 1 aliphatic carbocycles. The molecule has 2 N–H and O–H groups in total. The van der Waals surface area contributed by atoms with Crippen LogP contribution in [0.3, 0.4) is 0 Å². The highest BCUT2D eigenvalue weighted by Gasteiger charge is 2.35. The highest BCUT2D eigenvalue weighted by atomic mass is 19.1. The minimum atomic E-state index is -0.278. The van der Waals surface area contributed by atoms with Gasteiger partial charge in [0.05, 0.1) is 6.61 Å². The first kappa shape index (κ1) is 10.4. The van der Waals surface area contributed by atoms with Crippen LogP contribution in [0, 0.1) is 5.82 Å². The number of nitrogens with two attached hydrogens (primary N) is 1. The zero-order valence-corrected chi connectivity index (χ0v) is 8.87. The standard InChI is InChI=1S/C12H16FNO/c1-2-5-15-12-4-3-8(6-10(12)13)9-7-11(9)14/h3-4,6,9,11H,2,5,7,14H2,1H3. The van der Waals surface area contributed by atoms with E-state index in [0.717, 1.165) is 18.4 Å². The average molecular weight is 209 g/mol. The zero-order valence-electron chi connectivity index (χ0n) is 8.87. The van der Waals surface area contributed by atoms with E-state index in [1.807, 2.05) is 13.0 Å². The lowest BCUT2D eigenvalue weighted by atomic mass is 10.1. The van der Waals surface area contributed by atoms with Crippen LogP contribution in [-0.2, 0) is 0 Å². The molecule has 0 aromatic heterocycles. The van der Waals surface area contributed by atoms with Crippen molar-refractivity contribution >= 4 is 0 Å². The van der Waals surface area contributed by atoms with E-state index in [0.29, 0.717) is 18.3 Å². The minimum Gasteiger partial charge on any atom is -0.491 e. The van der Waals surface area contributed by atoms with Crippen LogP contribution in [0.15, 0.2) is 18.2 Å². The lowest BCUT2D eigenvalue weighted by Crippen LogP contribution is -2.02. The molecule has 1 aromatic carbocycles. The summed E-state index contributed by atoms with van der Waals surface area (Å²) in [5, 5.41) is 0. The molecule has 82 valence electrons. The van der Waals surface area contributed by atoms with Crippen LogP contribution in [0.2, 0.25) is 0 Å². The molecule has 3 heteroatoms. The molecule has 0 aliphatic heterocycles. The van der Waals surface area contributed by atoms with E-state index >= 15 is 0 Å². The summed E-state index contributed by atoms with van der Waals surface area (Å²) in [7, 11) is 0. The first-order chi connectivity index (χ1) is 7.22. The first-order valence-electron chi connectivity index (χ1n) is 5.40. The van der Waals surface area contributed by atoms with Crippen molar-refractivity contribution in [2.45, 2.75) is 31.7 Å². The summed E-state index contributed by atoms with van der Waals surface area (Å²) in [6.45, 7) is 2.55. The monoisotopic (exact) mass is 209 g/mol. The molecule has 1 aromatic rings. The molecule has 0 radical (unpaired) electrons. The quantitative estimate of drug-likeness (QED) is 0.826. The van der Waals surface area contributed by atoms with Gasteiger partial charge in [-0.3, -0.25) is 0 Å². The van der Waals surface area contributed by atoms with Crippen LogP contribution >= 0.6 is 0 Å². The Morgan fingerprint density at radius 3 is 2.80 bits per heavy atom. The maximum atomic E-state index is 13.5. The Morgan fingerprint density at radius 1 is 1.53 bits per heavy atom. The van der Waals surface area contributed by atoms with Gasteiger partial charge in [0.1, 0.15) is 0 Å². The molecule has 1 saturated carbocycles. The third kappa shape index (κ3) is 2.29. The topological polar surface area (TPSA) is 35.2 Å². The maximum absolute atomic E-state index is 13.5. The summed E-state index contributed by atoms with van der Waals surface area (Å²) in [5.41, 5.74) is 6.70. The Kier molecular flexibility index (Phi) is 2.91. The van der Waals surface area contributed by atoms with Crippen molar-refractivity contribution in [3.8, 4) is 5.75 Å². The average Bonchev–Trinajstić information content (AvgIpc) is 2.94. The van der Waals surface area contributed by atoms with Crippen molar-refractivity contribution in [3.63, 3.8) is 0 Å². The molecule has 0 saturated heterocycles. The summed E-state index contributed by atoms with van der Waals surface area (Å²) in [5.74, 6) is 0.412. The van der Waals surface area contributed by atoms with E-state index < -0.39 is 0 Å². The summed E-state index contributed by atoms with van der Waals surface area (Å²) in [6, 6.07) is 5.37. The highest BCUT2D eigenvalue weighted by molar-refractivity contribution is 5.34. The van der Waals surface area contributed by atoms with Crippen molar-refractivity contribution in [3.05, 3.63) is 29.6 Å². The van der Waals surface area contributed by atoms with E-state index in [1.165, 1.54) is 0 Å². The molecule has 1 fully saturated rings. The van der Waals surface area contributed by atoms with Crippen LogP contribution in [-0.4, -0.2) is 12.6 Å². The van der Waals surface area contributed by atoms with Crippen LogP contribution in [0.1, 0.15) is 31.2 Å². The van der Waals surface area contributed by atoms with E-state index in [2.05, 4.69) is 0 Å². The Hall–Kier alpha value is -1.09. The van der Waals surface area contributed by atoms with Crippen molar-refractivity contribution in [1.29, 1.82) is 0 Å². The molecule has 15 heavy (non-hydrogen) atoms. The summed E-state index contributed by atoms with van der Waals surface area (Å²) >= 11 is 0. The third-order valence-corrected chi connectivity index (χ3v) is 2.69. The molecular weight excluding hydrogens is 193 g/mol. The van der Waals surface area contributed by atoms with Gasteiger partial charge in [-0.15, -0.1) is 0 Å². The van der Waals surface area contributed by atoms with E-state index in [4.69, 9.17) is 10.5 Å². The van der Waals surface area contributed by atoms with Gasteiger partial charge in [0.2, 0.25) is 0 Å². The number of rotatable bonds is 4. The smallest absolute Gasteiger partial charge is 0.165 e. The predicted molar refractivity (Wildman–Crippen MR) is 57.5 cm³/mol. The second-order valence-electron chi connectivity index (χ2n) is 4.04. The van der Waals surface area contributed by atoms with Crippen LogP contribution < -0.4 is 10.5 Å². The van der Waals surface area contributed by atoms with Crippen molar-refractivity contribution in [1.82, 2.24) is 0 Å². The van der Waals surface area contributed by atoms with Gasteiger partial charge >= 0.3 is 0 Å². The van der Waals surface area contributed by atoms with Gasteiger partial charge in [-0.05, 0) is 30.5 Å². The Bertz CT molecular complexity index is 353. The fourth-order valence-electron chi connectivity index (χ4n) is 1.67. The molecule has 0 spiro atoms. The van der Waals surface area contributed by atoms with E-state index in [-0.39, 0.29) is 11.9 Å². The number of hydrogen-bond donors (Lipinski definition) is 1. The molecule has 0 amide bonds. The SMILES string of the molecule is CCCOc1ccc(C2CC2N)cc1F. The van der Waals surface area contributed by atoms with Crippen molar-refractivity contribution in [2.75, 3.05) is 6.61 Å². The van der Waals surface area contributed by atoms with Gasteiger partial charge < -0.3 is 10.5 Å². The first-order valence-corrected chi connectivity index (χ1v) is 5.40. The molecule has 0 heterocycles. The van der Waals surface area contributed by atoms with Gasteiger partial charge in [-0.2, -0.15) is 0 Å². The van der Waals surface area contributed by atoms with E-state index in [1.54, 1.807) is 12.1 Å². The molecule has 2 nitrogen and oxygen atoms in total. The largest absolute Gasteiger partial charge is 0.491 e. The Labute approximate surface area is 89.2 Å². The second kappa shape index (κ2) is 4.19. The zero-order chi connectivity index (χ0) is 10.8. The molecular formula is C12H16FNO. The Balaban J connectivity index is 2.09. The van der Waals surface area contributed by atoms with Gasteiger partial charge in [0, 0.05) is 12.0 Å². The maximum Gasteiger partial charge on any atom is 0.165 e. The summed E-state index contributed by atoms with van der Waals surface area (Å²) in [6.07, 6.45) is 1.85. The fourth-order valence-corrected chi connectivity index (χ4v) is 1.67. The minimum absolute atomic E-state index is 0.215. The van der Waals surface area contributed by atoms with Crippen LogP contribution in [0.25, 0.3) is 0 Å². The number of ether oxygens (including phenoxy) is 1. The molecule has 2 rings (SSSR count). The number of benzene rings is 1. The van der Waals surface area contributed by atoms with Gasteiger partial charge in [0.25, 0.3) is 0 Å². The highest BCUT2D eigenvalue weighted by Crippen LogP contribution is 2.39. The Morgan fingerprint density at radius 2 is 2.27 bits per heavy atom. The second-order valence-corrected chi connectivity index (χ2v) is 4.04. The van der Waals surface area contributed by atoms with Crippen molar-refractivity contribution in [2.24, 2.45) is 5.73 Å². The normalized spacial score (nSPS) is 23.9. The summed E-state index contributed by atoms with van der Waals surface area (Å²) < 4.78 is 18.8. The van der Waals surface area contributed by atoms with Gasteiger partial charge in [0.15, 0.2) is 11.6 Å². The summed E-state index contributed by atoms with van der Waals surface area (Å²) in [4.78, 5) is 0. The van der Waals surface area contributed by atoms with Crippen LogP contribution in [0.4, 0.5) is 4.39 Å². The fraction of sp³-hybridized carbons (Fsp3) is 0.500. The van der Waals surface area contributed by atoms with E-state index in [9.17, 15) is 4.39 Å². The molecule has 0 bridgehead atoms. The van der Waals surface area contributed by atoms with Gasteiger partial charge in [-0.25, -0.2) is 4.39 Å². The van der Waals surface area contributed by atoms with Gasteiger partial charge in [-0.1, -0.05) is 13.0 Å². The lowest BCUT2D eigenvalue weighted by molar-refractivity contribution is 0.301.